The molecular weight excluding hydrogens is 180 g/mol. The summed E-state index contributed by atoms with van der Waals surface area (Å²) in [7, 11) is 1.03. The topological polar surface area (TPSA) is 52.3 Å². The third-order valence-electron chi connectivity index (χ3n) is 1.58. The fraction of sp³-hybridized carbons (Fsp3) is 0.800. The molecule has 11 heavy (non-hydrogen) atoms. The highest BCUT2D eigenvalue weighted by Gasteiger charge is 2.75. The Bertz CT molecular complexity index is 187. The van der Waals surface area contributed by atoms with Gasteiger partial charge in [-0.3, -0.25) is 0 Å². The highest BCUT2D eigenvalue weighted by atomic mass is 35.5. The van der Waals surface area contributed by atoms with Crippen LogP contribution in [0.4, 0.5) is 8.78 Å². The van der Waals surface area contributed by atoms with Crippen LogP contribution in [0.1, 0.15) is 6.42 Å². The molecule has 1 rings (SSSR count). The summed E-state index contributed by atoms with van der Waals surface area (Å²) in [6.07, 6.45) is -0.604. The molecule has 0 aliphatic heterocycles. The van der Waals surface area contributed by atoms with Gasteiger partial charge < -0.3 is 10.5 Å². The number of halogens is 3. The van der Waals surface area contributed by atoms with Crippen molar-refractivity contribution in [1.29, 1.82) is 0 Å². The molecule has 1 aliphatic rings. The number of alkyl halides is 2. The molecular formula is C5H8ClF2NO2. The Morgan fingerprint density at radius 2 is 2.00 bits per heavy atom. The van der Waals surface area contributed by atoms with Crippen LogP contribution in [0.25, 0.3) is 0 Å². The first-order valence-electron chi connectivity index (χ1n) is 2.69. The van der Waals surface area contributed by atoms with E-state index in [-0.39, 0.29) is 12.4 Å². The van der Waals surface area contributed by atoms with Crippen LogP contribution in [-0.4, -0.2) is 24.5 Å². The highest BCUT2D eigenvalue weighted by molar-refractivity contribution is 5.86. The van der Waals surface area contributed by atoms with Crippen LogP contribution in [0, 0.1) is 0 Å². The maximum Gasteiger partial charge on any atom is 0.332 e. The van der Waals surface area contributed by atoms with E-state index in [9.17, 15) is 13.6 Å². The maximum atomic E-state index is 12.2. The van der Waals surface area contributed by atoms with Crippen LogP contribution in [-0.2, 0) is 9.53 Å². The standard InChI is InChI=1S/C5H7F2NO2.ClH/c1-10-3(9)4(8)2-5(4,6)7;/h2,8H2,1H3;1H. The number of rotatable bonds is 1. The van der Waals surface area contributed by atoms with Crippen LogP contribution in [0.15, 0.2) is 0 Å². The number of ether oxygens (including phenoxy) is 1. The third kappa shape index (κ3) is 1.30. The molecule has 0 spiro atoms. The molecule has 1 fully saturated rings. The van der Waals surface area contributed by atoms with Crippen molar-refractivity contribution >= 4 is 18.4 Å². The highest BCUT2D eigenvalue weighted by Crippen LogP contribution is 2.51. The molecule has 0 amide bonds. The van der Waals surface area contributed by atoms with Crippen molar-refractivity contribution in [3.63, 3.8) is 0 Å². The van der Waals surface area contributed by atoms with Crippen LogP contribution in [0.2, 0.25) is 0 Å². The molecule has 1 atom stereocenters. The van der Waals surface area contributed by atoms with Gasteiger partial charge in [-0.2, -0.15) is 0 Å². The molecule has 0 heterocycles. The van der Waals surface area contributed by atoms with Gasteiger partial charge in [0.1, 0.15) is 0 Å². The molecule has 0 saturated heterocycles. The quantitative estimate of drug-likeness (QED) is 0.602. The predicted molar refractivity (Wildman–Crippen MR) is 35.7 cm³/mol. The van der Waals surface area contributed by atoms with Gasteiger partial charge >= 0.3 is 5.97 Å². The lowest BCUT2D eigenvalue weighted by molar-refractivity contribution is -0.146. The van der Waals surface area contributed by atoms with E-state index in [1.807, 2.05) is 0 Å². The van der Waals surface area contributed by atoms with Gasteiger partial charge in [0.05, 0.1) is 7.11 Å². The molecule has 1 unspecified atom stereocenters. The second-order valence-electron chi connectivity index (χ2n) is 2.34. The molecule has 66 valence electrons. The summed E-state index contributed by atoms with van der Waals surface area (Å²) >= 11 is 0. The zero-order valence-electron chi connectivity index (χ0n) is 5.77. The minimum absolute atomic E-state index is 0. The van der Waals surface area contributed by atoms with Crippen molar-refractivity contribution in [3.05, 3.63) is 0 Å². The molecule has 1 saturated carbocycles. The van der Waals surface area contributed by atoms with Crippen LogP contribution < -0.4 is 5.73 Å². The minimum atomic E-state index is -3.07. The Morgan fingerprint density at radius 3 is 2.09 bits per heavy atom. The van der Waals surface area contributed by atoms with Gasteiger partial charge in [0.15, 0.2) is 5.54 Å². The Morgan fingerprint density at radius 1 is 1.64 bits per heavy atom. The lowest BCUT2D eigenvalue weighted by atomic mass is 10.3. The largest absolute Gasteiger partial charge is 0.467 e. The van der Waals surface area contributed by atoms with Crippen molar-refractivity contribution in [2.45, 2.75) is 17.9 Å². The fourth-order valence-electron chi connectivity index (χ4n) is 0.710. The van der Waals surface area contributed by atoms with E-state index in [2.05, 4.69) is 4.74 Å². The minimum Gasteiger partial charge on any atom is -0.467 e. The first-order chi connectivity index (χ1) is 4.44. The Balaban J connectivity index is 0.000001000. The molecule has 0 aromatic heterocycles. The van der Waals surface area contributed by atoms with Gasteiger partial charge in [0, 0.05) is 6.42 Å². The second-order valence-corrected chi connectivity index (χ2v) is 2.34. The van der Waals surface area contributed by atoms with Crippen LogP contribution in [0.5, 0.6) is 0 Å². The van der Waals surface area contributed by atoms with Gasteiger partial charge in [-0.1, -0.05) is 0 Å². The molecule has 3 nitrogen and oxygen atoms in total. The lowest BCUT2D eigenvalue weighted by Gasteiger charge is -2.05. The molecule has 0 bridgehead atoms. The summed E-state index contributed by atoms with van der Waals surface area (Å²) in [6, 6.07) is 0. The normalized spacial score (nSPS) is 32.0. The van der Waals surface area contributed by atoms with E-state index >= 15 is 0 Å². The Hall–Kier alpha value is -0.420. The lowest BCUT2D eigenvalue weighted by Crippen LogP contribution is -2.40. The molecule has 1 aliphatic carbocycles. The van der Waals surface area contributed by atoms with Crippen molar-refractivity contribution in [3.8, 4) is 0 Å². The van der Waals surface area contributed by atoms with Gasteiger partial charge in [-0.15, -0.1) is 12.4 Å². The fourth-order valence-corrected chi connectivity index (χ4v) is 0.710. The van der Waals surface area contributed by atoms with Crippen molar-refractivity contribution in [2.75, 3.05) is 7.11 Å². The smallest absolute Gasteiger partial charge is 0.332 e. The van der Waals surface area contributed by atoms with Crippen LogP contribution >= 0.6 is 12.4 Å². The number of hydrogen-bond acceptors (Lipinski definition) is 3. The van der Waals surface area contributed by atoms with Crippen molar-refractivity contribution < 1.29 is 18.3 Å². The van der Waals surface area contributed by atoms with Crippen molar-refractivity contribution in [1.82, 2.24) is 0 Å². The summed E-state index contributed by atoms with van der Waals surface area (Å²) in [5, 5.41) is 0. The van der Waals surface area contributed by atoms with Gasteiger partial charge in [0.25, 0.3) is 5.92 Å². The van der Waals surface area contributed by atoms with Gasteiger partial charge in [-0.05, 0) is 0 Å². The molecule has 0 aromatic rings. The zero-order valence-corrected chi connectivity index (χ0v) is 6.58. The van der Waals surface area contributed by atoms with E-state index < -0.39 is 23.9 Å². The summed E-state index contributed by atoms with van der Waals surface area (Å²) in [4.78, 5) is 10.5. The van der Waals surface area contributed by atoms with E-state index in [1.165, 1.54) is 0 Å². The van der Waals surface area contributed by atoms with E-state index in [0.29, 0.717) is 0 Å². The number of carbonyl (C=O) groups excluding carboxylic acids is 1. The number of carbonyl (C=O) groups is 1. The predicted octanol–water partition coefficient (Wildman–Crippen LogP) is 0.318. The third-order valence-corrected chi connectivity index (χ3v) is 1.58. The summed E-state index contributed by atoms with van der Waals surface area (Å²) in [5.74, 6) is -4.11. The van der Waals surface area contributed by atoms with E-state index in [4.69, 9.17) is 5.73 Å². The number of methoxy groups -OCH3 is 1. The summed E-state index contributed by atoms with van der Waals surface area (Å²) in [6.45, 7) is 0. The van der Waals surface area contributed by atoms with E-state index in [1.54, 1.807) is 0 Å². The number of hydrogen-bond donors (Lipinski definition) is 1. The molecule has 0 radical (unpaired) electrons. The SMILES string of the molecule is COC(=O)C1(N)CC1(F)F.Cl. The van der Waals surface area contributed by atoms with Crippen molar-refractivity contribution in [2.24, 2.45) is 5.73 Å². The Kier molecular flexibility index (Phi) is 2.47. The van der Waals surface area contributed by atoms with Crippen LogP contribution in [0.3, 0.4) is 0 Å². The maximum absolute atomic E-state index is 12.2. The van der Waals surface area contributed by atoms with E-state index in [0.717, 1.165) is 7.11 Å². The Labute approximate surface area is 68.3 Å². The average molecular weight is 188 g/mol. The zero-order chi connectivity index (χ0) is 7.99. The second kappa shape index (κ2) is 2.57. The first-order valence-corrected chi connectivity index (χ1v) is 2.69. The first kappa shape index (κ1) is 10.6. The number of nitrogens with two attached hydrogens (primary N) is 1. The van der Waals surface area contributed by atoms with Gasteiger partial charge in [0.2, 0.25) is 0 Å². The summed E-state index contributed by atoms with van der Waals surface area (Å²) < 4.78 is 28.5. The summed E-state index contributed by atoms with van der Waals surface area (Å²) in [5.41, 5.74) is 2.91. The average Bonchev–Trinajstić information content (AvgIpc) is 2.32. The molecule has 6 heteroatoms. The van der Waals surface area contributed by atoms with Gasteiger partial charge in [-0.25, -0.2) is 13.6 Å². The molecule has 0 aromatic carbocycles. The monoisotopic (exact) mass is 187 g/mol. The number of esters is 1. The molecule has 2 N–H and O–H groups in total.